The maximum Gasteiger partial charge on any atom is 0.348 e. The average molecular weight is 529 g/mol. The van der Waals surface area contributed by atoms with Gasteiger partial charge in [-0.1, -0.05) is 41.4 Å². The molecule has 4 aromatic rings. The number of hydrogen-bond acceptors (Lipinski definition) is 7. The molecule has 10 heteroatoms. The number of anilines is 1. The van der Waals surface area contributed by atoms with E-state index in [0.29, 0.717) is 43.3 Å². The first kappa shape index (κ1) is 24.7. The molecule has 0 unspecified atom stereocenters. The van der Waals surface area contributed by atoms with Gasteiger partial charge in [-0.05, 0) is 42.8 Å². The van der Waals surface area contributed by atoms with Crippen molar-refractivity contribution in [1.82, 2.24) is 4.98 Å². The third-order valence-corrected chi connectivity index (χ3v) is 7.04. The second-order valence-corrected chi connectivity index (χ2v) is 9.26. The number of pyridine rings is 1. The molecule has 2 aromatic carbocycles. The van der Waals surface area contributed by atoms with Gasteiger partial charge >= 0.3 is 11.9 Å². The summed E-state index contributed by atoms with van der Waals surface area (Å²) in [6.45, 7) is 1.59. The fourth-order valence-electron chi connectivity index (χ4n) is 3.61. The van der Waals surface area contributed by atoms with Crippen molar-refractivity contribution in [3.8, 4) is 11.3 Å². The average Bonchev–Trinajstić information content (AvgIpc) is 3.17. The molecule has 1 amide bonds. The van der Waals surface area contributed by atoms with E-state index in [1.165, 1.54) is 14.2 Å². The quantitative estimate of drug-likeness (QED) is 0.301. The van der Waals surface area contributed by atoms with Crippen molar-refractivity contribution in [3.63, 3.8) is 0 Å². The van der Waals surface area contributed by atoms with Crippen LogP contribution in [0.4, 0.5) is 5.00 Å². The zero-order valence-electron chi connectivity index (χ0n) is 18.8. The molecule has 0 saturated heterocycles. The first-order valence-corrected chi connectivity index (χ1v) is 11.8. The summed E-state index contributed by atoms with van der Waals surface area (Å²) in [7, 11) is 2.46. The molecular formula is C25H18Cl2N2O5S. The van der Waals surface area contributed by atoms with Crippen LogP contribution >= 0.6 is 34.5 Å². The molecule has 0 aliphatic carbocycles. The van der Waals surface area contributed by atoms with E-state index >= 15 is 0 Å². The smallest absolute Gasteiger partial charge is 0.348 e. The Kier molecular flexibility index (Phi) is 7.07. The van der Waals surface area contributed by atoms with Gasteiger partial charge in [0.15, 0.2) is 0 Å². The standard InChI is InChI=1S/C25H18Cl2N2O5S/c1-12-20(24(31)33-2)23(35-21(12)25(32)34-3)29-22(30)16-11-19(15-9-8-13(26)10-17(15)27)28-18-7-5-4-6-14(16)18/h4-11H,1-3H3,(H,29,30). The van der Waals surface area contributed by atoms with E-state index in [2.05, 4.69) is 10.3 Å². The molecule has 0 radical (unpaired) electrons. The maximum atomic E-state index is 13.5. The number of halogens is 2. The lowest BCUT2D eigenvalue weighted by Crippen LogP contribution is -2.15. The normalized spacial score (nSPS) is 10.8. The minimum Gasteiger partial charge on any atom is -0.465 e. The monoisotopic (exact) mass is 528 g/mol. The second kappa shape index (κ2) is 10.0. The van der Waals surface area contributed by atoms with E-state index in [1.54, 1.807) is 49.4 Å². The van der Waals surface area contributed by atoms with Crippen molar-refractivity contribution < 1.29 is 23.9 Å². The van der Waals surface area contributed by atoms with Gasteiger partial charge in [0.25, 0.3) is 5.91 Å². The number of hydrogen-bond donors (Lipinski definition) is 1. The van der Waals surface area contributed by atoms with Gasteiger partial charge in [0.1, 0.15) is 9.88 Å². The lowest BCUT2D eigenvalue weighted by atomic mass is 10.0. The van der Waals surface area contributed by atoms with Crippen LogP contribution in [0.3, 0.4) is 0 Å². The topological polar surface area (TPSA) is 94.6 Å². The SMILES string of the molecule is COC(=O)c1sc(NC(=O)c2cc(-c3ccc(Cl)cc3Cl)nc3ccccc23)c(C(=O)OC)c1C. The van der Waals surface area contributed by atoms with Crippen molar-refractivity contribution in [2.75, 3.05) is 19.5 Å². The number of carbonyl (C=O) groups is 3. The zero-order chi connectivity index (χ0) is 25.3. The number of thiophene rings is 1. The van der Waals surface area contributed by atoms with E-state index in [0.717, 1.165) is 11.3 Å². The van der Waals surface area contributed by atoms with Gasteiger partial charge < -0.3 is 14.8 Å². The van der Waals surface area contributed by atoms with Crippen LogP contribution in [0, 0.1) is 6.92 Å². The summed E-state index contributed by atoms with van der Waals surface area (Å²) >= 11 is 13.4. The van der Waals surface area contributed by atoms with Crippen LogP contribution in [0.5, 0.6) is 0 Å². The van der Waals surface area contributed by atoms with E-state index < -0.39 is 17.8 Å². The number of ether oxygens (including phenoxy) is 2. The molecule has 0 atom stereocenters. The van der Waals surface area contributed by atoms with Crippen LogP contribution in [-0.2, 0) is 9.47 Å². The fourth-order valence-corrected chi connectivity index (χ4v) is 5.22. The number of nitrogens with zero attached hydrogens (tertiary/aromatic N) is 1. The third kappa shape index (κ3) is 4.73. The highest BCUT2D eigenvalue weighted by atomic mass is 35.5. The van der Waals surface area contributed by atoms with Gasteiger partial charge in [0.2, 0.25) is 0 Å². The van der Waals surface area contributed by atoms with Crippen LogP contribution in [0.1, 0.15) is 36.0 Å². The lowest BCUT2D eigenvalue weighted by molar-refractivity contribution is 0.0601. The molecule has 0 fully saturated rings. The van der Waals surface area contributed by atoms with Gasteiger partial charge in [-0.15, -0.1) is 11.3 Å². The Balaban J connectivity index is 1.84. The van der Waals surface area contributed by atoms with Gasteiger partial charge in [-0.25, -0.2) is 14.6 Å². The molecule has 2 heterocycles. The Morgan fingerprint density at radius 1 is 0.971 bits per heavy atom. The molecular weight excluding hydrogens is 511 g/mol. The minimum absolute atomic E-state index is 0.0885. The molecule has 0 aliphatic rings. The number of para-hydroxylation sites is 1. The summed E-state index contributed by atoms with van der Waals surface area (Å²) in [6.07, 6.45) is 0. The lowest BCUT2D eigenvalue weighted by Gasteiger charge is -2.12. The number of esters is 2. The summed E-state index contributed by atoms with van der Waals surface area (Å²) in [5.74, 6) is -1.80. The molecule has 178 valence electrons. The Hall–Kier alpha value is -3.46. The predicted molar refractivity (Wildman–Crippen MR) is 137 cm³/mol. The molecule has 0 bridgehead atoms. The summed E-state index contributed by atoms with van der Waals surface area (Å²) in [5.41, 5.74) is 2.40. The van der Waals surface area contributed by atoms with Crippen molar-refractivity contribution in [3.05, 3.63) is 80.1 Å². The molecule has 2 aromatic heterocycles. The Bertz CT molecular complexity index is 1500. The number of aromatic nitrogens is 1. The number of methoxy groups -OCH3 is 2. The number of nitrogens with one attached hydrogen (secondary N) is 1. The summed E-state index contributed by atoms with van der Waals surface area (Å²) in [4.78, 5) is 43.0. The van der Waals surface area contributed by atoms with Gasteiger partial charge in [0, 0.05) is 16.0 Å². The van der Waals surface area contributed by atoms with Crippen molar-refractivity contribution >= 4 is 68.3 Å². The van der Waals surface area contributed by atoms with E-state index in [-0.39, 0.29) is 15.4 Å². The van der Waals surface area contributed by atoms with Crippen molar-refractivity contribution in [1.29, 1.82) is 0 Å². The van der Waals surface area contributed by atoms with Crippen LogP contribution in [-0.4, -0.2) is 37.0 Å². The number of benzene rings is 2. The molecule has 1 N–H and O–H groups in total. The summed E-state index contributed by atoms with van der Waals surface area (Å²) < 4.78 is 9.68. The van der Waals surface area contributed by atoms with Crippen LogP contribution in [0.25, 0.3) is 22.2 Å². The summed E-state index contributed by atoms with van der Waals surface area (Å²) in [6, 6.07) is 13.8. The van der Waals surface area contributed by atoms with Crippen LogP contribution in [0.15, 0.2) is 48.5 Å². The van der Waals surface area contributed by atoms with Gasteiger partial charge in [-0.2, -0.15) is 0 Å². The first-order valence-electron chi connectivity index (χ1n) is 10.2. The zero-order valence-corrected chi connectivity index (χ0v) is 21.1. The maximum absolute atomic E-state index is 13.5. The predicted octanol–water partition coefficient (Wildman–Crippen LogP) is 6.40. The van der Waals surface area contributed by atoms with Crippen LogP contribution < -0.4 is 5.32 Å². The highest BCUT2D eigenvalue weighted by Gasteiger charge is 2.27. The largest absolute Gasteiger partial charge is 0.465 e. The van der Waals surface area contributed by atoms with Crippen LogP contribution in [0.2, 0.25) is 10.0 Å². The van der Waals surface area contributed by atoms with Gasteiger partial charge in [0.05, 0.1) is 41.6 Å². The molecule has 0 saturated carbocycles. The summed E-state index contributed by atoms with van der Waals surface area (Å²) in [5, 5.41) is 4.40. The number of fused-ring (bicyclic) bond motifs is 1. The third-order valence-electron chi connectivity index (χ3n) is 5.30. The van der Waals surface area contributed by atoms with Gasteiger partial charge in [-0.3, -0.25) is 4.79 Å². The van der Waals surface area contributed by atoms with E-state index in [4.69, 9.17) is 32.7 Å². The fraction of sp³-hybridized carbons (Fsp3) is 0.120. The first-order chi connectivity index (χ1) is 16.7. The highest BCUT2D eigenvalue weighted by molar-refractivity contribution is 7.18. The molecule has 0 aliphatic heterocycles. The molecule has 4 rings (SSSR count). The van der Waals surface area contributed by atoms with E-state index in [9.17, 15) is 14.4 Å². The Morgan fingerprint density at radius 3 is 2.37 bits per heavy atom. The highest BCUT2D eigenvalue weighted by Crippen LogP contribution is 2.36. The molecule has 35 heavy (non-hydrogen) atoms. The number of amides is 1. The molecule has 7 nitrogen and oxygen atoms in total. The number of rotatable bonds is 5. The second-order valence-electron chi connectivity index (χ2n) is 7.39. The minimum atomic E-state index is -0.683. The van der Waals surface area contributed by atoms with E-state index in [1.807, 2.05) is 6.07 Å². The van der Waals surface area contributed by atoms with Crippen molar-refractivity contribution in [2.24, 2.45) is 0 Å². The Morgan fingerprint density at radius 2 is 1.69 bits per heavy atom. The number of carbonyl (C=O) groups excluding carboxylic acids is 3. The van der Waals surface area contributed by atoms with Crippen molar-refractivity contribution in [2.45, 2.75) is 6.92 Å². The molecule has 0 spiro atoms. The Labute approximate surface area is 214 Å².